The van der Waals surface area contributed by atoms with Gasteiger partial charge < -0.3 is 25.2 Å². The maximum atomic E-state index is 11.5. The molecule has 0 bridgehead atoms. The number of aliphatic hydroxyl groups is 2. The Morgan fingerprint density at radius 1 is 1.53 bits per heavy atom. The summed E-state index contributed by atoms with van der Waals surface area (Å²) in [6.45, 7) is -0.379. The lowest BCUT2D eigenvalue weighted by Gasteiger charge is -2.21. The maximum absolute atomic E-state index is 11.5. The lowest BCUT2D eigenvalue weighted by Crippen LogP contribution is -2.28. The number of ether oxygens (including phenoxy) is 1. The molecule has 17 heavy (non-hydrogen) atoms. The number of aromatic nitrogens is 1. The molecule has 1 aliphatic heterocycles. The van der Waals surface area contributed by atoms with Crippen molar-refractivity contribution in [3.8, 4) is 11.5 Å². The number of hydrogen-bond donors (Lipinski definition) is 2. The largest absolute Gasteiger partial charge is 0.873 e. The Morgan fingerprint density at radius 2 is 2.24 bits per heavy atom. The molecule has 2 N–H and O–H groups in total. The van der Waals surface area contributed by atoms with E-state index in [0.29, 0.717) is 0 Å². The predicted molar refractivity (Wildman–Crippen MR) is 51.2 cm³/mol. The van der Waals surface area contributed by atoms with Crippen LogP contribution < -0.4 is 15.8 Å². The van der Waals surface area contributed by atoms with Crippen molar-refractivity contribution < 1.29 is 25.2 Å². The molecule has 1 aromatic heterocycles. The quantitative estimate of drug-likeness (QED) is 0.597. The Kier molecular flexibility index (Phi) is 3.05. The Balaban J connectivity index is 2.31. The Labute approximate surface area is 96.1 Å². The average Bonchev–Trinajstić information content (AvgIpc) is 2.67. The first-order valence-electron chi connectivity index (χ1n) is 5.08. The second-order valence-corrected chi connectivity index (χ2v) is 3.84. The number of rotatable bonds is 2. The third-order valence-corrected chi connectivity index (χ3v) is 2.73. The molecule has 1 fully saturated rings. The molecule has 1 aromatic rings. The summed E-state index contributed by atoms with van der Waals surface area (Å²) in [6.07, 6.45) is -1.28. The minimum atomic E-state index is -1.13. The van der Waals surface area contributed by atoms with Crippen LogP contribution in [-0.4, -0.2) is 33.6 Å². The summed E-state index contributed by atoms with van der Waals surface area (Å²) in [6, 6.07) is 0.978. The van der Waals surface area contributed by atoms with Gasteiger partial charge in [0.25, 0.3) is 0 Å². The third-order valence-electron chi connectivity index (χ3n) is 2.73. The summed E-state index contributed by atoms with van der Waals surface area (Å²) in [7, 11) is 0. The fourth-order valence-electron chi connectivity index (χ4n) is 1.79. The van der Waals surface area contributed by atoms with E-state index in [0.717, 1.165) is 16.8 Å². The van der Waals surface area contributed by atoms with E-state index < -0.39 is 35.5 Å². The van der Waals surface area contributed by atoms with E-state index in [4.69, 9.17) is 9.84 Å². The second kappa shape index (κ2) is 4.36. The van der Waals surface area contributed by atoms with E-state index in [2.05, 4.69) is 0 Å². The molecule has 7 heteroatoms. The fraction of sp³-hybridized carbons (Fsp3) is 0.500. The average molecular weight is 241 g/mol. The molecule has 0 aliphatic carbocycles. The van der Waals surface area contributed by atoms with Crippen LogP contribution in [0.15, 0.2) is 17.1 Å². The van der Waals surface area contributed by atoms with Gasteiger partial charge in [-0.15, -0.1) is 5.75 Å². The highest BCUT2D eigenvalue weighted by Gasteiger charge is 2.34. The van der Waals surface area contributed by atoms with Gasteiger partial charge in [0.05, 0.1) is 12.7 Å². The molecular weight excluding hydrogens is 230 g/mol. The van der Waals surface area contributed by atoms with Gasteiger partial charge in [-0.05, 0) is 5.75 Å². The number of hydrogen-bond acceptors (Lipinski definition) is 6. The molecule has 0 saturated carbocycles. The Bertz CT molecular complexity index is 470. The van der Waals surface area contributed by atoms with Crippen molar-refractivity contribution in [2.24, 2.45) is 0 Å². The van der Waals surface area contributed by atoms with Crippen LogP contribution in [0.25, 0.3) is 0 Å². The summed E-state index contributed by atoms with van der Waals surface area (Å²) in [4.78, 5) is 11.5. The minimum Gasteiger partial charge on any atom is -0.873 e. The van der Waals surface area contributed by atoms with Crippen LogP contribution in [0.1, 0.15) is 12.6 Å². The van der Waals surface area contributed by atoms with E-state index in [1.165, 1.54) is 0 Å². The lowest BCUT2D eigenvalue weighted by atomic mass is 10.2. The molecule has 2 heterocycles. The summed E-state index contributed by atoms with van der Waals surface area (Å²) in [5.41, 5.74) is -0.978. The highest BCUT2D eigenvalue weighted by molar-refractivity contribution is 5.31. The Morgan fingerprint density at radius 3 is 2.82 bits per heavy atom. The summed E-state index contributed by atoms with van der Waals surface area (Å²) in [5, 5.41) is 40.5. The van der Waals surface area contributed by atoms with Gasteiger partial charge in [0.2, 0.25) is 5.56 Å². The van der Waals surface area contributed by atoms with Gasteiger partial charge >= 0.3 is 0 Å². The van der Waals surface area contributed by atoms with E-state index >= 15 is 0 Å². The number of pyridine rings is 1. The van der Waals surface area contributed by atoms with Gasteiger partial charge in [-0.2, -0.15) is 0 Å². The highest BCUT2D eigenvalue weighted by atomic mass is 16.5. The lowest BCUT2D eigenvalue weighted by molar-refractivity contribution is -0.319. The fourth-order valence-corrected chi connectivity index (χ4v) is 1.79. The minimum absolute atomic E-state index is 0.0861. The van der Waals surface area contributed by atoms with E-state index in [1.807, 2.05) is 0 Å². The smallest absolute Gasteiger partial charge is 0.244 e. The molecule has 0 aromatic carbocycles. The zero-order chi connectivity index (χ0) is 12.6. The van der Waals surface area contributed by atoms with Crippen LogP contribution in [0, 0.1) is 0 Å². The zero-order valence-corrected chi connectivity index (χ0v) is 8.78. The topological polar surface area (TPSA) is 118 Å². The monoisotopic (exact) mass is 241 g/mol. The molecule has 7 nitrogen and oxygen atoms in total. The van der Waals surface area contributed by atoms with Gasteiger partial charge in [0.1, 0.15) is 12.3 Å². The molecule has 0 radical (unpaired) electrons. The molecular formula is C10H11NO6-2. The third kappa shape index (κ3) is 1.99. The van der Waals surface area contributed by atoms with Crippen molar-refractivity contribution in [1.29, 1.82) is 0 Å². The molecule has 94 valence electrons. The number of aliphatic hydroxyl groups excluding tert-OH is 2. The summed E-state index contributed by atoms with van der Waals surface area (Å²) < 4.78 is 6.17. The summed E-state index contributed by atoms with van der Waals surface area (Å²) in [5.74, 6) is -2.00. The number of nitrogens with zero attached hydrogens (tertiary/aromatic N) is 1. The van der Waals surface area contributed by atoms with E-state index in [1.54, 1.807) is 0 Å². The molecule has 2 rings (SSSR count). The molecule has 0 spiro atoms. The van der Waals surface area contributed by atoms with Crippen molar-refractivity contribution in [2.45, 2.75) is 24.9 Å². The van der Waals surface area contributed by atoms with Crippen molar-refractivity contribution in [3.05, 3.63) is 22.6 Å². The van der Waals surface area contributed by atoms with Gasteiger partial charge in [-0.1, -0.05) is 6.07 Å². The summed E-state index contributed by atoms with van der Waals surface area (Å²) >= 11 is 0. The van der Waals surface area contributed by atoms with Crippen LogP contribution in [0.3, 0.4) is 0 Å². The normalized spacial score (nSPS) is 28.5. The zero-order valence-electron chi connectivity index (χ0n) is 8.78. The van der Waals surface area contributed by atoms with Gasteiger partial charge in [-0.3, -0.25) is 9.36 Å². The highest BCUT2D eigenvalue weighted by Crippen LogP contribution is 2.28. The van der Waals surface area contributed by atoms with E-state index in [-0.39, 0.29) is 13.0 Å². The predicted octanol–water partition coefficient (Wildman–Crippen LogP) is -2.36. The molecule has 1 aliphatic rings. The SMILES string of the molecule is O=c1c([O-])c([O-])ccn1[C@H]1C[C@H](O)[C@@H](CO)O1. The molecule has 0 unspecified atom stereocenters. The van der Waals surface area contributed by atoms with Crippen LogP contribution in [0.5, 0.6) is 11.5 Å². The standard InChI is InChI=1S/C10H13NO6/c12-4-7-6(14)3-8(17-7)11-2-1-5(13)9(15)10(11)16/h1-2,6-8,12-15H,3-4H2/p-2/t6-,7+,8+/m0/s1. The van der Waals surface area contributed by atoms with Gasteiger partial charge in [0.15, 0.2) is 0 Å². The van der Waals surface area contributed by atoms with Crippen molar-refractivity contribution in [1.82, 2.24) is 4.57 Å². The molecule has 3 atom stereocenters. The molecule has 0 amide bonds. The second-order valence-electron chi connectivity index (χ2n) is 3.84. The first-order chi connectivity index (χ1) is 8.04. The van der Waals surface area contributed by atoms with Crippen molar-refractivity contribution >= 4 is 0 Å². The molecule has 1 saturated heterocycles. The maximum Gasteiger partial charge on any atom is 0.244 e. The van der Waals surface area contributed by atoms with Crippen LogP contribution in [0.4, 0.5) is 0 Å². The first-order valence-corrected chi connectivity index (χ1v) is 5.08. The van der Waals surface area contributed by atoms with Crippen LogP contribution in [0.2, 0.25) is 0 Å². The van der Waals surface area contributed by atoms with Gasteiger partial charge in [-0.25, -0.2) is 0 Å². The van der Waals surface area contributed by atoms with Gasteiger partial charge in [0, 0.05) is 12.6 Å². The first kappa shape index (κ1) is 11.9. The van der Waals surface area contributed by atoms with Crippen LogP contribution in [-0.2, 0) is 4.74 Å². The van der Waals surface area contributed by atoms with Crippen LogP contribution >= 0.6 is 0 Å². The van der Waals surface area contributed by atoms with Crippen molar-refractivity contribution in [2.75, 3.05) is 6.61 Å². The van der Waals surface area contributed by atoms with Crippen molar-refractivity contribution in [3.63, 3.8) is 0 Å². The Hall–Kier alpha value is -1.57. The van der Waals surface area contributed by atoms with E-state index in [9.17, 15) is 20.1 Å².